The summed E-state index contributed by atoms with van der Waals surface area (Å²) < 4.78 is 13.2. The van der Waals surface area contributed by atoms with Crippen molar-refractivity contribution in [3.63, 3.8) is 0 Å². The number of nitriles is 1. The zero-order valence-electron chi connectivity index (χ0n) is 23.1. The monoisotopic (exact) mass is 568 g/mol. The van der Waals surface area contributed by atoms with E-state index in [9.17, 15) is 5.26 Å². The number of anilines is 2. The van der Waals surface area contributed by atoms with Gasteiger partial charge < -0.3 is 14.5 Å². The van der Waals surface area contributed by atoms with Gasteiger partial charge in [-0.2, -0.15) is 17.0 Å². The Balaban J connectivity index is 1.50. The molecule has 1 heterocycles. The second-order valence-electron chi connectivity index (χ2n) is 11.4. The highest BCUT2D eigenvalue weighted by Gasteiger charge is 2.40. The minimum atomic E-state index is -1.79. The molecule has 0 aliphatic heterocycles. The van der Waals surface area contributed by atoms with Crippen LogP contribution in [-0.2, 0) is 10.2 Å². The summed E-state index contributed by atoms with van der Waals surface area (Å²) in [4.78, 5) is 9.28. The van der Waals surface area contributed by atoms with E-state index in [2.05, 4.69) is 50.2 Å². The Morgan fingerprint density at radius 3 is 2.50 bits per heavy atom. The normalized spacial score (nSPS) is 18.3. The first-order chi connectivity index (χ1) is 18.0. The van der Waals surface area contributed by atoms with Gasteiger partial charge in [0.05, 0.1) is 22.8 Å². The van der Waals surface area contributed by atoms with Crippen LogP contribution in [0.25, 0.3) is 10.9 Å². The van der Waals surface area contributed by atoms with Crippen molar-refractivity contribution in [1.29, 1.82) is 5.26 Å². The second-order valence-corrected chi connectivity index (χ2v) is 17.5. The summed E-state index contributed by atoms with van der Waals surface area (Å²) in [7, 11) is -1.79. The van der Waals surface area contributed by atoms with Crippen molar-refractivity contribution >= 4 is 54.2 Å². The minimum Gasteiger partial charge on any atom is -0.487 e. The number of hydrogen-bond donors (Lipinski definition) is 1. The van der Waals surface area contributed by atoms with Gasteiger partial charge in [0.25, 0.3) is 0 Å². The molecule has 202 valence electrons. The predicted molar refractivity (Wildman–Crippen MR) is 161 cm³/mol. The van der Waals surface area contributed by atoms with Crippen LogP contribution in [0.5, 0.6) is 5.75 Å². The van der Waals surface area contributed by atoms with Gasteiger partial charge >= 0.3 is 0 Å². The van der Waals surface area contributed by atoms with E-state index in [0.29, 0.717) is 33.9 Å². The third kappa shape index (κ3) is 6.63. The molecule has 1 aromatic heterocycles. The van der Waals surface area contributed by atoms with Crippen molar-refractivity contribution in [3.05, 3.63) is 52.7 Å². The minimum absolute atomic E-state index is 0.0661. The number of rotatable bonds is 8. The van der Waals surface area contributed by atoms with Gasteiger partial charge in [0.2, 0.25) is 5.95 Å². The van der Waals surface area contributed by atoms with Crippen molar-refractivity contribution in [2.75, 3.05) is 11.6 Å². The molecule has 1 fully saturated rings. The zero-order valence-corrected chi connectivity index (χ0v) is 25.7. The van der Waals surface area contributed by atoms with Gasteiger partial charge in [-0.15, -0.1) is 0 Å². The molecular weight excluding hydrogens is 532 g/mol. The molecule has 0 spiro atoms. The molecule has 6 nitrogen and oxygen atoms in total. The third-order valence-electron chi connectivity index (χ3n) is 7.61. The average Bonchev–Trinajstić information content (AvgIpc) is 2.86. The third-order valence-corrected chi connectivity index (χ3v) is 13.0. The summed E-state index contributed by atoms with van der Waals surface area (Å²) >= 11 is 8.31. The van der Waals surface area contributed by atoms with Crippen molar-refractivity contribution in [3.8, 4) is 11.8 Å². The molecule has 0 unspecified atom stereocenters. The molecule has 9 heteroatoms. The summed E-state index contributed by atoms with van der Waals surface area (Å²) in [6, 6.07) is 11.7. The molecule has 0 saturated heterocycles. The van der Waals surface area contributed by atoms with Crippen LogP contribution < -0.4 is 10.1 Å². The summed E-state index contributed by atoms with van der Waals surface area (Å²) in [5.41, 5.74) is 3.17. The number of fused-ring (bicyclic) bond motifs is 1. The van der Waals surface area contributed by atoms with E-state index < -0.39 is 8.32 Å². The van der Waals surface area contributed by atoms with E-state index in [1.807, 2.05) is 36.6 Å². The highest BCUT2D eigenvalue weighted by molar-refractivity contribution is 7.97. The number of benzene rings is 2. The molecule has 0 radical (unpaired) electrons. The topological polar surface area (TPSA) is 80.1 Å². The van der Waals surface area contributed by atoms with E-state index in [1.165, 1.54) is 0 Å². The van der Waals surface area contributed by atoms with Gasteiger partial charge in [0, 0.05) is 29.1 Å². The summed E-state index contributed by atoms with van der Waals surface area (Å²) in [5, 5.41) is 14.3. The molecule has 2 aromatic carbocycles. The molecule has 1 saturated carbocycles. The number of hydrogen-bond acceptors (Lipinski definition) is 7. The second kappa shape index (κ2) is 11.8. The van der Waals surface area contributed by atoms with Crippen LogP contribution in [0.15, 0.2) is 36.5 Å². The lowest BCUT2D eigenvalue weighted by atomic mass is 9.95. The van der Waals surface area contributed by atoms with Crippen molar-refractivity contribution in [2.45, 2.75) is 82.5 Å². The van der Waals surface area contributed by atoms with Gasteiger partial charge in [-0.05, 0) is 86.0 Å². The summed E-state index contributed by atoms with van der Waals surface area (Å²) in [6.45, 7) is 11.5. The number of nitrogens with one attached hydrogen (secondary N) is 1. The van der Waals surface area contributed by atoms with Gasteiger partial charge in [0.1, 0.15) is 5.52 Å². The fourth-order valence-corrected chi connectivity index (χ4v) is 6.60. The first kappa shape index (κ1) is 28.7. The quantitative estimate of drug-likeness (QED) is 0.273. The van der Waals surface area contributed by atoms with E-state index in [1.54, 1.807) is 18.0 Å². The van der Waals surface area contributed by atoms with Gasteiger partial charge in [-0.25, -0.2) is 9.97 Å². The van der Waals surface area contributed by atoms with E-state index in [4.69, 9.17) is 25.7 Å². The van der Waals surface area contributed by atoms with Crippen LogP contribution in [-0.4, -0.2) is 36.7 Å². The molecule has 4 rings (SSSR count). The number of thioether (sulfide) groups is 1. The Hall–Kier alpha value is -2.31. The largest absolute Gasteiger partial charge is 0.487 e. The fourth-order valence-electron chi connectivity index (χ4n) is 4.43. The number of ether oxygens (including phenoxy) is 1. The first-order valence-electron chi connectivity index (χ1n) is 13.1. The van der Waals surface area contributed by atoms with Crippen LogP contribution >= 0.6 is 23.4 Å². The fraction of sp³-hybridized carbons (Fsp3) is 0.483. The van der Waals surface area contributed by atoms with Crippen LogP contribution in [0.1, 0.15) is 57.6 Å². The van der Waals surface area contributed by atoms with Crippen LogP contribution in [0.3, 0.4) is 0 Å². The maximum Gasteiger partial charge on any atom is 0.227 e. The van der Waals surface area contributed by atoms with Gasteiger partial charge in [0.15, 0.2) is 14.1 Å². The van der Waals surface area contributed by atoms with Crippen molar-refractivity contribution in [1.82, 2.24) is 9.97 Å². The lowest BCUT2D eigenvalue weighted by Gasteiger charge is -2.41. The SMILES string of the molecule is CSCc1cc(Nc2ncc3ccc(Cl)c(OC4CCC(O[Si](C)(C)C(C)(C)C)CC4)c3n2)ccc1C#N. The van der Waals surface area contributed by atoms with Crippen molar-refractivity contribution in [2.24, 2.45) is 0 Å². The Bertz CT molecular complexity index is 1330. The molecule has 0 bridgehead atoms. The van der Waals surface area contributed by atoms with Gasteiger partial charge in [-0.3, -0.25) is 0 Å². The molecule has 0 amide bonds. The number of halogens is 1. The smallest absolute Gasteiger partial charge is 0.227 e. The lowest BCUT2D eigenvalue weighted by Crippen LogP contribution is -2.45. The predicted octanol–water partition coefficient (Wildman–Crippen LogP) is 8.47. The number of nitrogens with zero attached hydrogens (tertiary/aromatic N) is 3. The Morgan fingerprint density at radius 1 is 1.13 bits per heavy atom. The number of aromatic nitrogens is 2. The van der Waals surface area contributed by atoms with Gasteiger partial charge in [-0.1, -0.05) is 32.4 Å². The maximum absolute atomic E-state index is 9.40. The standard InChI is InChI=1S/C29H37ClN4O2SSi/c1-29(2,3)38(5,6)36-24-12-10-23(11-13-24)35-27-25(30)14-8-20-17-32-28(34-26(20)27)33-22-9-7-19(16-31)21(15-22)18-37-4/h7-9,14-15,17,23-24H,10-13,18H2,1-6H3,(H,32,33,34). The van der Waals surface area contributed by atoms with Crippen LogP contribution in [0.4, 0.5) is 11.6 Å². The zero-order chi connectivity index (χ0) is 27.5. The van der Waals surface area contributed by atoms with E-state index >= 15 is 0 Å². The molecule has 1 N–H and O–H groups in total. The average molecular weight is 569 g/mol. The highest BCUT2D eigenvalue weighted by Crippen LogP contribution is 2.40. The molecule has 0 atom stereocenters. The molecular formula is C29H37ClN4O2SSi. The summed E-state index contributed by atoms with van der Waals surface area (Å²) in [5.74, 6) is 1.82. The molecule has 3 aromatic rings. The van der Waals surface area contributed by atoms with Crippen molar-refractivity contribution < 1.29 is 9.16 Å². The maximum atomic E-state index is 9.40. The Morgan fingerprint density at radius 2 is 1.84 bits per heavy atom. The van der Waals surface area contributed by atoms with Crippen LogP contribution in [0.2, 0.25) is 23.2 Å². The molecule has 1 aliphatic carbocycles. The van der Waals surface area contributed by atoms with E-state index in [0.717, 1.165) is 48.1 Å². The first-order valence-corrected chi connectivity index (χ1v) is 17.8. The summed E-state index contributed by atoms with van der Waals surface area (Å²) in [6.07, 6.45) is 7.97. The lowest BCUT2D eigenvalue weighted by molar-refractivity contribution is 0.0733. The Kier molecular flexibility index (Phi) is 8.93. The molecule has 38 heavy (non-hydrogen) atoms. The van der Waals surface area contributed by atoms with Crippen LogP contribution in [0, 0.1) is 11.3 Å². The Labute approximate surface area is 236 Å². The highest BCUT2D eigenvalue weighted by atomic mass is 35.5. The molecule has 1 aliphatic rings. The van der Waals surface area contributed by atoms with E-state index in [-0.39, 0.29) is 11.1 Å².